The van der Waals surface area contributed by atoms with Crippen molar-refractivity contribution in [1.29, 1.82) is 0 Å². The topological polar surface area (TPSA) is 110 Å². The van der Waals surface area contributed by atoms with Crippen LogP contribution in [-0.2, 0) is 6.42 Å². The Morgan fingerprint density at radius 1 is 1.15 bits per heavy atom. The van der Waals surface area contributed by atoms with E-state index in [1.807, 2.05) is 39.8 Å². The summed E-state index contributed by atoms with van der Waals surface area (Å²) >= 11 is 0. The highest BCUT2D eigenvalue weighted by Gasteiger charge is 2.18. The van der Waals surface area contributed by atoms with Crippen molar-refractivity contribution in [3.8, 4) is 5.75 Å². The van der Waals surface area contributed by atoms with Crippen LogP contribution in [0.4, 0.5) is 5.69 Å². The van der Waals surface area contributed by atoms with Gasteiger partial charge in [-0.25, -0.2) is 4.68 Å². The second-order valence-corrected chi connectivity index (χ2v) is 6.97. The summed E-state index contributed by atoms with van der Waals surface area (Å²) in [5, 5.41) is 17.4. The van der Waals surface area contributed by atoms with E-state index in [0.29, 0.717) is 23.4 Å². The maximum Gasteiger partial charge on any atom is 0.276 e. The zero-order valence-corrected chi connectivity index (χ0v) is 19.4. The number of hydrogen-bond acceptors (Lipinski definition) is 4. The molecule has 0 aliphatic carbocycles. The van der Waals surface area contributed by atoms with Crippen LogP contribution in [0.1, 0.15) is 58.4 Å². The number of allylic oxidation sites excluding steroid dienone is 2. The van der Waals surface area contributed by atoms with Crippen LogP contribution in [0, 0.1) is 6.92 Å². The smallest absolute Gasteiger partial charge is 0.276 e. The average Bonchev–Trinajstić information content (AvgIpc) is 3.25. The van der Waals surface area contributed by atoms with Crippen LogP contribution in [0.5, 0.6) is 5.75 Å². The number of benzene rings is 2. The van der Waals surface area contributed by atoms with Gasteiger partial charge in [-0.05, 0) is 55.3 Å². The number of phenols is 1. The fourth-order valence-electron chi connectivity index (χ4n) is 3.11. The first-order valence-corrected chi connectivity index (χ1v) is 10.8. The Hall–Kier alpha value is -4.13. The van der Waals surface area contributed by atoms with Gasteiger partial charge in [0.25, 0.3) is 5.91 Å². The van der Waals surface area contributed by atoms with Crippen LogP contribution in [0.3, 0.4) is 0 Å². The molecule has 0 fully saturated rings. The average molecular weight is 447 g/mol. The van der Waals surface area contributed by atoms with E-state index in [2.05, 4.69) is 17.0 Å². The second-order valence-electron chi connectivity index (χ2n) is 6.97. The highest BCUT2D eigenvalue weighted by molar-refractivity contribution is 6.04. The van der Waals surface area contributed by atoms with Crippen LogP contribution in [0.2, 0.25) is 0 Å². The monoisotopic (exact) mass is 446 g/mol. The Morgan fingerprint density at radius 2 is 1.88 bits per heavy atom. The fourth-order valence-corrected chi connectivity index (χ4v) is 3.11. The normalized spacial score (nSPS) is 10.7. The Kier molecular flexibility index (Phi) is 8.74. The van der Waals surface area contributed by atoms with Crippen molar-refractivity contribution in [3.05, 3.63) is 95.3 Å². The summed E-state index contributed by atoms with van der Waals surface area (Å²) in [5.41, 5.74) is 9.25. The predicted octanol–water partition coefficient (Wildman–Crippen LogP) is 4.91. The van der Waals surface area contributed by atoms with Gasteiger partial charge in [0.2, 0.25) is 5.91 Å². The Bertz CT molecular complexity index is 1190. The number of nitrogens with one attached hydrogen (secondary N) is 1. The van der Waals surface area contributed by atoms with Gasteiger partial charge in [0.05, 0.1) is 5.70 Å². The number of aromatic hydroxyl groups is 1. The zero-order chi connectivity index (χ0) is 24.5. The Balaban J connectivity index is 0.00000187. The Morgan fingerprint density at radius 3 is 2.48 bits per heavy atom. The number of primary amides is 1. The van der Waals surface area contributed by atoms with E-state index in [-0.39, 0.29) is 11.4 Å². The molecular formula is C26H30N4O3. The van der Waals surface area contributed by atoms with Gasteiger partial charge < -0.3 is 16.2 Å². The number of aryl methyl sites for hydroxylation is 2. The van der Waals surface area contributed by atoms with Crippen LogP contribution in [0.15, 0.2) is 67.3 Å². The predicted molar refractivity (Wildman–Crippen MR) is 132 cm³/mol. The van der Waals surface area contributed by atoms with Crippen molar-refractivity contribution in [2.24, 2.45) is 5.73 Å². The van der Waals surface area contributed by atoms with Gasteiger partial charge in [0.1, 0.15) is 5.75 Å². The van der Waals surface area contributed by atoms with Gasteiger partial charge in [0.15, 0.2) is 5.69 Å². The highest BCUT2D eigenvalue weighted by Crippen LogP contribution is 2.26. The molecule has 0 unspecified atom stereocenters. The molecule has 1 heterocycles. The lowest BCUT2D eigenvalue weighted by Crippen LogP contribution is -2.15. The number of amides is 2. The SMILES string of the molecule is C=C/C=C(/c1ccc(C)c(O)c1)n1nc(C(=O)Nc2cccc(C(N)=O)c2)cc1CC.CC. The lowest BCUT2D eigenvalue weighted by Gasteiger charge is -2.12. The minimum atomic E-state index is -0.575. The first-order chi connectivity index (χ1) is 15.8. The summed E-state index contributed by atoms with van der Waals surface area (Å²) in [6.07, 6.45) is 4.03. The number of carbonyl (C=O) groups excluding carboxylic acids is 2. The molecule has 3 aromatic rings. The molecule has 0 spiro atoms. The summed E-state index contributed by atoms with van der Waals surface area (Å²) in [6.45, 7) is 11.5. The molecule has 0 saturated heterocycles. The number of nitrogens with zero attached hydrogens (tertiary/aromatic N) is 2. The van der Waals surface area contributed by atoms with E-state index in [4.69, 9.17) is 5.73 Å². The number of rotatable bonds is 7. The number of anilines is 1. The number of phenolic OH excluding ortho intramolecular Hbond substituents is 1. The molecule has 1 aromatic heterocycles. The van der Waals surface area contributed by atoms with Crippen LogP contribution in [0.25, 0.3) is 5.70 Å². The second kappa shape index (κ2) is 11.5. The Labute approximate surface area is 194 Å². The molecule has 2 aromatic carbocycles. The van der Waals surface area contributed by atoms with Gasteiger partial charge in [-0.15, -0.1) is 0 Å². The van der Waals surface area contributed by atoms with Gasteiger partial charge in [0, 0.05) is 22.5 Å². The molecule has 7 nitrogen and oxygen atoms in total. The highest BCUT2D eigenvalue weighted by atomic mass is 16.3. The minimum absolute atomic E-state index is 0.171. The molecule has 33 heavy (non-hydrogen) atoms. The lowest BCUT2D eigenvalue weighted by molar-refractivity contribution is 0.0995. The quantitative estimate of drug-likeness (QED) is 0.448. The minimum Gasteiger partial charge on any atom is -0.508 e. The molecule has 0 bridgehead atoms. The number of carbonyl (C=O) groups is 2. The van der Waals surface area contributed by atoms with Crippen LogP contribution in [-0.4, -0.2) is 26.7 Å². The van der Waals surface area contributed by atoms with Gasteiger partial charge in [-0.1, -0.05) is 51.6 Å². The van der Waals surface area contributed by atoms with Crippen molar-refractivity contribution >= 4 is 23.2 Å². The molecule has 0 radical (unpaired) electrons. The van der Waals surface area contributed by atoms with Crippen LogP contribution < -0.4 is 11.1 Å². The zero-order valence-electron chi connectivity index (χ0n) is 19.4. The number of hydrogen-bond donors (Lipinski definition) is 3. The summed E-state index contributed by atoms with van der Waals surface area (Å²) in [7, 11) is 0. The van der Waals surface area contributed by atoms with Crippen molar-refractivity contribution in [2.45, 2.75) is 34.1 Å². The molecule has 0 saturated carbocycles. The molecular weight excluding hydrogens is 416 g/mol. The maximum absolute atomic E-state index is 12.8. The number of nitrogens with two attached hydrogens (primary N) is 1. The molecule has 7 heteroatoms. The van der Waals surface area contributed by atoms with Crippen LogP contribution >= 0.6 is 0 Å². The number of aromatic nitrogens is 2. The van der Waals surface area contributed by atoms with E-state index >= 15 is 0 Å². The van der Waals surface area contributed by atoms with Crippen molar-refractivity contribution in [1.82, 2.24) is 9.78 Å². The summed E-state index contributed by atoms with van der Waals surface area (Å²) in [5.74, 6) is -0.820. The van der Waals surface area contributed by atoms with Gasteiger partial charge in [-0.2, -0.15) is 5.10 Å². The summed E-state index contributed by atoms with van der Waals surface area (Å²) in [6, 6.07) is 13.4. The molecule has 0 aliphatic heterocycles. The van der Waals surface area contributed by atoms with E-state index in [1.54, 1.807) is 47.2 Å². The largest absolute Gasteiger partial charge is 0.508 e. The van der Waals surface area contributed by atoms with Gasteiger partial charge in [-0.3, -0.25) is 9.59 Å². The molecule has 3 rings (SSSR count). The van der Waals surface area contributed by atoms with Crippen molar-refractivity contribution in [3.63, 3.8) is 0 Å². The first-order valence-electron chi connectivity index (χ1n) is 10.8. The first kappa shape index (κ1) is 25.1. The van der Waals surface area contributed by atoms with Crippen molar-refractivity contribution < 1.29 is 14.7 Å². The third kappa shape index (κ3) is 5.98. The third-order valence-corrected chi connectivity index (χ3v) is 4.79. The van der Waals surface area contributed by atoms with Crippen molar-refractivity contribution in [2.75, 3.05) is 5.32 Å². The summed E-state index contributed by atoms with van der Waals surface area (Å²) < 4.78 is 1.67. The third-order valence-electron chi connectivity index (χ3n) is 4.79. The molecule has 172 valence electrons. The standard InChI is InChI=1S/C24H24N4O3.C2H6/c1-4-7-21(16-11-10-15(3)22(29)13-16)28-19(5-2)14-20(27-28)24(31)26-18-9-6-8-17(12-18)23(25)30;1-2/h4,6-14,29H,1,5H2,2-3H3,(H2,25,30)(H,26,31);1-2H3/b21-7-;. The maximum atomic E-state index is 12.8. The van der Waals surface area contributed by atoms with E-state index < -0.39 is 11.8 Å². The molecule has 0 aliphatic rings. The van der Waals surface area contributed by atoms with E-state index in [0.717, 1.165) is 16.8 Å². The van der Waals surface area contributed by atoms with E-state index in [1.165, 1.54) is 6.07 Å². The summed E-state index contributed by atoms with van der Waals surface area (Å²) in [4.78, 5) is 24.2. The molecule has 2 amide bonds. The fraction of sp³-hybridized carbons (Fsp3) is 0.192. The lowest BCUT2D eigenvalue weighted by atomic mass is 10.1. The molecule has 0 atom stereocenters. The molecule has 4 N–H and O–H groups in total. The van der Waals surface area contributed by atoms with Gasteiger partial charge >= 0.3 is 0 Å². The van der Waals surface area contributed by atoms with E-state index in [9.17, 15) is 14.7 Å².